The SMILES string of the molecule is O=C([O-])C[C@@H]1CCN(C(=O)c2ccc(F)cc2)C[C@@H]1CC[NH+]1CCN(c2cccc(C(F)(F)F)c2)CC1. The summed E-state index contributed by atoms with van der Waals surface area (Å²) < 4.78 is 52.5. The minimum Gasteiger partial charge on any atom is -0.550 e. The molecular formula is C27H31F4N3O3. The average Bonchev–Trinajstić information content (AvgIpc) is 2.88. The van der Waals surface area contributed by atoms with Gasteiger partial charge in [-0.05, 0) is 67.1 Å². The Hall–Kier alpha value is -3.14. The van der Waals surface area contributed by atoms with E-state index in [2.05, 4.69) is 0 Å². The van der Waals surface area contributed by atoms with Gasteiger partial charge in [0, 0.05) is 36.7 Å². The molecule has 0 spiro atoms. The number of carboxylic acid groups (broad SMARTS) is 1. The van der Waals surface area contributed by atoms with Gasteiger partial charge in [-0.3, -0.25) is 4.79 Å². The number of aliphatic carboxylic acids is 1. The Kier molecular flexibility index (Phi) is 8.36. The predicted octanol–water partition coefficient (Wildman–Crippen LogP) is 1.86. The normalized spacial score (nSPS) is 21.2. The van der Waals surface area contributed by atoms with Crippen molar-refractivity contribution in [2.75, 3.05) is 50.7 Å². The zero-order valence-corrected chi connectivity index (χ0v) is 20.5. The van der Waals surface area contributed by atoms with Crippen LogP contribution < -0.4 is 14.9 Å². The number of rotatable bonds is 7. The van der Waals surface area contributed by atoms with Crippen LogP contribution in [0.1, 0.15) is 35.2 Å². The fourth-order valence-corrected chi connectivity index (χ4v) is 5.45. The number of likely N-dealkylation sites (tertiary alicyclic amines) is 1. The van der Waals surface area contributed by atoms with Crippen molar-refractivity contribution < 1.29 is 37.2 Å². The highest BCUT2D eigenvalue weighted by Crippen LogP contribution is 2.32. The van der Waals surface area contributed by atoms with Crippen molar-refractivity contribution in [2.24, 2.45) is 11.8 Å². The topological polar surface area (TPSA) is 68.1 Å². The second-order valence-electron chi connectivity index (χ2n) is 9.97. The molecule has 4 rings (SSSR count). The van der Waals surface area contributed by atoms with Crippen LogP contribution in [-0.2, 0) is 11.0 Å². The predicted molar refractivity (Wildman–Crippen MR) is 127 cm³/mol. The summed E-state index contributed by atoms with van der Waals surface area (Å²) in [5, 5.41) is 11.3. The number of anilines is 1. The number of amides is 1. The molecule has 6 nitrogen and oxygen atoms in total. The van der Waals surface area contributed by atoms with E-state index >= 15 is 0 Å². The lowest BCUT2D eigenvalue weighted by Crippen LogP contribution is -3.15. The second kappa shape index (κ2) is 11.5. The van der Waals surface area contributed by atoms with Crippen molar-refractivity contribution >= 4 is 17.6 Å². The molecule has 0 aliphatic carbocycles. The molecule has 2 aromatic rings. The second-order valence-corrected chi connectivity index (χ2v) is 9.97. The molecule has 2 aliphatic rings. The van der Waals surface area contributed by atoms with Crippen LogP contribution in [0.25, 0.3) is 0 Å². The van der Waals surface area contributed by atoms with E-state index in [0.717, 1.165) is 32.1 Å². The number of carbonyl (C=O) groups is 2. The Balaban J connectivity index is 1.33. The molecule has 2 atom stereocenters. The number of quaternary nitrogens is 1. The molecule has 37 heavy (non-hydrogen) atoms. The molecule has 0 bridgehead atoms. The Morgan fingerprint density at radius 3 is 2.35 bits per heavy atom. The summed E-state index contributed by atoms with van der Waals surface area (Å²) in [6.07, 6.45) is -3.15. The van der Waals surface area contributed by atoms with Gasteiger partial charge in [-0.15, -0.1) is 0 Å². The van der Waals surface area contributed by atoms with E-state index in [1.807, 2.05) is 4.90 Å². The van der Waals surface area contributed by atoms with E-state index in [9.17, 15) is 32.3 Å². The van der Waals surface area contributed by atoms with E-state index in [4.69, 9.17) is 0 Å². The van der Waals surface area contributed by atoms with E-state index in [0.29, 0.717) is 43.9 Å². The zero-order valence-electron chi connectivity index (χ0n) is 20.5. The third-order valence-corrected chi connectivity index (χ3v) is 7.58. The highest BCUT2D eigenvalue weighted by Gasteiger charge is 2.34. The van der Waals surface area contributed by atoms with Crippen LogP contribution in [0.2, 0.25) is 0 Å². The summed E-state index contributed by atoms with van der Waals surface area (Å²) in [5.74, 6) is -1.81. The highest BCUT2D eigenvalue weighted by molar-refractivity contribution is 5.94. The molecular weight excluding hydrogens is 490 g/mol. The van der Waals surface area contributed by atoms with Gasteiger partial charge in [0.1, 0.15) is 5.82 Å². The van der Waals surface area contributed by atoms with Crippen LogP contribution in [-0.4, -0.2) is 62.6 Å². The molecule has 1 N–H and O–H groups in total. The lowest BCUT2D eigenvalue weighted by atomic mass is 9.81. The van der Waals surface area contributed by atoms with Crippen LogP contribution >= 0.6 is 0 Å². The van der Waals surface area contributed by atoms with E-state index in [1.54, 1.807) is 11.0 Å². The van der Waals surface area contributed by atoms with E-state index in [1.165, 1.54) is 41.3 Å². The van der Waals surface area contributed by atoms with Crippen molar-refractivity contribution in [2.45, 2.75) is 25.4 Å². The molecule has 1 amide bonds. The molecule has 2 aromatic carbocycles. The number of hydrogen-bond acceptors (Lipinski definition) is 4. The summed E-state index contributed by atoms with van der Waals surface area (Å²) in [6, 6.07) is 10.8. The van der Waals surface area contributed by atoms with Gasteiger partial charge in [0.05, 0.1) is 38.3 Å². The van der Waals surface area contributed by atoms with Crippen molar-refractivity contribution in [1.29, 1.82) is 0 Å². The molecule has 200 valence electrons. The van der Waals surface area contributed by atoms with Gasteiger partial charge < -0.3 is 24.6 Å². The lowest BCUT2D eigenvalue weighted by molar-refractivity contribution is -0.901. The third-order valence-electron chi connectivity index (χ3n) is 7.58. The van der Waals surface area contributed by atoms with Crippen LogP contribution in [0.4, 0.5) is 23.2 Å². The number of piperazine rings is 1. The highest BCUT2D eigenvalue weighted by atomic mass is 19.4. The summed E-state index contributed by atoms with van der Waals surface area (Å²) in [7, 11) is 0. The molecule has 0 aromatic heterocycles. The van der Waals surface area contributed by atoms with Crippen molar-refractivity contribution in [3.05, 3.63) is 65.5 Å². The maximum Gasteiger partial charge on any atom is 0.416 e. The minimum absolute atomic E-state index is 0.00922. The smallest absolute Gasteiger partial charge is 0.416 e. The number of carbonyl (C=O) groups excluding carboxylic acids is 2. The van der Waals surface area contributed by atoms with Gasteiger partial charge in [-0.2, -0.15) is 13.2 Å². The molecule has 2 aliphatic heterocycles. The van der Waals surface area contributed by atoms with Gasteiger partial charge in [-0.25, -0.2) is 4.39 Å². The number of alkyl halides is 3. The Morgan fingerprint density at radius 2 is 1.70 bits per heavy atom. The largest absolute Gasteiger partial charge is 0.550 e. The summed E-state index contributed by atoms with van der Waals surface area (Å²) in [4.78, 5) is 29.3. The first-order valence-corrected chi connectivity index (χ1v) is 12.6. The van der Waals surface area contributed by atoms with Crippen LogP contribution in [0.3, 0.4) is 0 Å². The number of nitrogens with one attached hydrogen (secondary N) is 1. The number of nitrogens with zero attached hydrogens (tertiary/aromatic N) is 2. The van der Waals surface area contributed by atoms with Gasteiger partial charge in [0.25, 0.3) is 5.91 Å². The zero-order chi connectivity index (χ0) is 26.6. The molecule has 0 unspecified atom stereocenters. The molecule has 2 saturated heterocycles. The number of halogens is 4. The van der Waals surface area contributed by atoms with Crippen molar-refractivity contribution in [3.63, 3.8) is 0 Å². The molecule has 2 heterocycles. The van der Waals surface area contributed by atoms with E-state index in [-0.39, 0.29) is 24.2 Å². The maximum absolute atomic E-state index is 13.3. The molecule has 10 heteroatoms. The average molecular weight is 522 g/mol. The molecule has 0 saturated carbocycles. The lowest BCUT2D eigenvalue weighted by Gasteiger charge is -2.40. The fourth-order valence-electron chi connectivity index (χ4n) is 5.45. The Bertz CT molecular complexity index is 1090. The Morgan fingerprint density at radius 1 is 1.00 bits per heavy atom. The number of piperidine rings is 1. The summed E-state index contributed by atoms with van der Waals surface area (Å²) in [6.45, 7) is 4.41. The van der Waals surface area contributed by atoms with Gasteiger partial charge >= 0.3 is 6.18 Å². The van der Waals surface area contributed by atoms with Gasteiger partial charge in [-0.1, -0.05) is 6.07 Å². The monoisotopic (exact) mass is 521 g/mol. The molecule has 0 radical (unpaired) electrons. The van der Waals surface area contributed by atoms with E-state index < -0.39 is 23.5 Å². The standard InChI is InChI=1S/C27H31F4N3O3/c28-23-6-4-19(5-7-23)26(37)34-11-9-20(16-25(35)36)21(18-34)8-10-32-12-14-33(15-13-32)24-3-1-2-22(17-24)27(29,30)31/h1-7,17,20-21H,8-16,18H2,(H,35,36)/t20-,21-/m0/s1. The van der Waals surface area contributed by atoms with Crippen molar-refractivity contribution in [1.82, 2.24) is 4.90 Å². The van der Waals surface area contributed by atoms with Crippen LogP contribution in [0.5, 0.6) is 0 Å². The van der Waals surface area contributed by atoms with Crippen LogP contribution in [0, 0.1) is 17.7 Å². The quantitative estimate of drug-likeness (QED) is 0.565. The first kappa shape index (κ1) is 26.9. The summed E-state index contributed by atoms with van der Waals surface area (Å²) >= 11 is 0. The van der Waals surface area contributed by atoms with Gasteiger partial charge in [0.2, 0.25) is 0 Å². The third kappa shape index (κ3) is 7.00. The first-order valence-electron chi connectivity index (χ1n) is 12.6. The minimum atomic E-state index is -4.38. The Labute approximate surface area is 213 Å². The number of carboxylic acids is 1. The number of benzene rings is 2. The van der Waals surface area contributed by atoms with Crippen molar-refractivity contribution in [3.8, 4) is 0 Å². The summed E-state index contributed by atoms with van der Waals surface area (Å²) in [5.41, 5.74) is 0.302. The number of hydrogen-bond donors (Lipinski definition) is 1. The fraction of sp³-hybridized carbons (Fsp3) is 0.481. The first-order chi connectivity index (χ1) is 17.6. The molecule has 2 fully saturated rings. The maximum atomic E-state index is 13.3. The van der Waals surface area contributed by atoms with Gasteiger partial charge in [0.15, 0.2) is 0 Å². The van der Waals surface area contributed by atoms with Crippen LogP contribution in [0.15, 0.2) is 48.5 Å².